The van der Waals surface area contributed by atoms with E-state index in [1.807, 2.05) is 12.1 Å². The first-order valence-electron chi connectivity index (χ1n) is 50.0. The molecule has 21 aromatic carbocycles. The van der Waals surface area contributed by atoms with Gasteiger partial charge in [0.1, 0.15) is 5.82 Å². The van der Waals surface area contributed by atoms with Crippen LogP contribution in [0.5, 0.6) is 0 Å². The largest absolute Gasteiger partial charge is 0.307 e. The van der Waals surface area contributed by atoms with Crippen LogP contribution in [0.3, 0.4) is 0 Å². The van der Waals surface area contributed by atoms with Gasteiger partial charge in [0.2, 0.25) is 0 Å². The van der Waals surface area contributed by atoms with Crippen molar-refractivity contribution in [2.24, 2.45) is 0 Å². The number of aromatic nitrogens is 11. The predicted molar refractivity (Wildman–Crippen MR) is 605 cm³/mol. The molecule has 0 saturated heterocycles. The highest BCUT2D eigenvalue weighted by atomic mass is 15.1. The summed E-state index contributed by atoms with van der Waals surface area (Å²) in [7, 11) is 0. The Balaban J connectivity index is 0.000000102. The van der Waals surface area contributed by atoms with Gasteiger partial charge in [0.15, 0.2) is 11.6 Å². The van der Waals surface area contributed by atoms with Crippen molar-refractivity contribution in [2.75, 3.05) is 0 Å². The van der Waals surface area contributed by atoms with E-state index < -0.39 is 0 Å². The molecule has 0 bridgehead atoms. The highest BCUT2D eigenvalue weighted by Gasteiger charge is 2.34. The van der Waals surface area contributed by atoms with Crippen molar-refractivity contribution in [3.8, 4) is 102 Å². The second-order valence-electron chi connectivity index (χ2n) is 38.3. The maximum atomic E-state index is 5.51. The number of rotatable bonds is 10. The Morgan fingerprint density at radius 2 is 0.452 bits per heavy atom. The molecule has 0 fully saturated rings. The molecule has 680 valence electrons. The fourth-order valence-corrected chi connectivity index (χ4v) is 24.2. The monoisotopic (exact) mass is 1860 g/mol. The molecule has 0 spiro atoms. The topological polar surface area (TPSA) is 94.0 Å². The molecular formula is C135H85N11. The Morgan fingerprint density at radius 1 is 0.164 bits per heavy atom. The van der Waals surface area contributed by atoms with Gasteiger partial charge in [-0.05, 0) is 130 Å². The maximum absolute atomic E-state index is 5.51. The molecule has 0 saturated carbocycles. The normalized spacial score (nSPS) is 12.2. The molecule has 0 aliphatic heterocycles. The SMILES string of the molecule is c1ccc(-c2nc(-c3ccccc3)c3c(n2)-c2cc(-n4c5ccccc5c5ccc6c7ccccc7n(-c7ccccc7)c6c54)ccc2C3)cc1.c1ccc(-c2nc(-c3ccccc3)c3c(n2)-c2cccc(-n4c5ccccc5c5ccc6c7ccccc7n(-c7ccccc7)c6c54)c2C3)cc1.c1ccc(-n2c3ccccc3c3ccc4c5ccccc5n(-c5ccc6c7ccccc7c7ccccc7c6n5)c4c32)cc1. The molecule has 2 aliphatic rings. The van der Waals surface area contributed by atoms with Crippen molar-refractivity contribution < 1.29 is 0 Å². The number of benzene rings is 21. The second kappa shape index (κ2) is 33.1. The van der Waals surface area contributed by atoms with Crippen molar-refractivity contribution in [3.63, 3.8) is 0 Å². The first-order chi connectivity index (χ1) is 72.5. The third-order valence-corrected chi connectivity index (χ3v) is 30.4. The zero-order chi connectivity index (χ0) is 95.7. The molecule has 0 atom stereocenters. The summed E-state index contributed by atoms with van der Waals surface area (Å²) in [6.07, 6.45) is 1.54. The van der Waals surface area contributed by atoms with E-state index in [4.69, 9.17) is 24.9 Å². The summed E-state index contributed by atoms with van der Waals surface area (Å²) < 4.78 is 14.7. The summed E-state index contributed by atoms with van der Waals surface area (Å²) >= 11 is 0. The third kappa shape index (κ3) is 12.6. The first-order valence-corrected chi connectivity index (χ1v) is 50.0. The molecule has 9 aromatic heterocycles. The van der Waals surface area contributed by atoms with Crippen LogP contribution in [0.4, 0.5) is 0 Å². The van der Waals surface area contributed by atoms with Gasteiger partial charge in [-0.1, -0.05) is 388 Å². The van der Waals surface area contributed by atoms with E-state index in [1.165, 1.54) is 191 Å². The third-order valence-electron chi connectivity index (χ3n) is 30.4. The standard InChI is InChI=1S/2C47H30N4.C41H25N3/c1-4-15-30(16-5-1)43-39-29-38-35(44(39)49-47(48-43)31-17-6-2-7-18-31)23-14-26-42(38)51-41-25-13-11-22-34(41)37-28-27-36-33-21-10-12-24-40(33)50(45(36)46(37)51)32-19-8-3-9-20-32;1-4-14-30(15-5-1)43-40-28-32-24-25-34(29-39(32)44(40)49-47(48-43)31-16-6-2-7-17-31)51-42-23-13-11-21-36(42)38-27-26-37-35-20-10-12-22-41(35)50(45(37)46(38)51)33-18-8-3-9-19-33;1-2-12-26(13-3-1)43-36-20-10-8-17-30(36)34-22-23-35-31-18-9-11-21-37(31)44(41(35)40(34)43)38-25-24-33-29-16-5-4-14-27(29)28-15-6-7-19-32(28)39(33)42-38/h1-28H,29H2;1-27,29H,28H2;1-25H. The Bertz CT molecular complexity index is 10500. The fraction of sp³-hybridized carbons (Fsp3) is 0.0148. The summed E-state index contributed by atoms with van der Waals surface area (Å²) in [4.78, 5) is 26.6. The van der Waals surface area contributed by atoms with Gasteiger partial charge in [-0.3, -0.25) is 4.57 Å². The lowest BCUT2D eigenvalue weighted by atomic mass is 9.97. The molecular weight excluding hydrogens is 1780 g/mol. The van der Waals surface area contributed by atoms with Gasteiger partial charge in [0.05, 0.1) is 100 Å². The van der Waals surface area contributed by atoms with E-state index >= 15 is 0 Å². The van der Waals surface area contributed by atoms with Gasteiger partial charge >= 0.3 is 0 Å². The van der Waals surface area contributed by atoms with Gasteiger partial charge in [-0.15, -0.1) is 0 Å². The number of hydrogen-bond acceptors (Lipinski definition) is 5. The molecule has 0 unspecified atom stereocenters. The quantitative estimate of drug-likeness (QED) is 0.127. The molecule has 0 amide bonds. The maximum Gasteiger partial charge on any atom is 0.160 e. The highest BCUT2D eigenvalue weighted by molar-refractivity contribution is 6.29. The Morgan fingerprint density at radius 3 is 0.856 bits per heavy atom. The molecule has 30 aromatic rings. The van der Waals surface area contributed by atoms with Crippen molar-refractivity contribution in [2.45, 2.75) is 12.8 Å². The molecule has 2 aliphatic carbocycles. The molecule has 32 rings (SSSR count). The van der Waals surface area contributed by atoms with E-state index in [-0.39, 0.29) is 0 Å². The van der Waals surface area contributed by atoms with E-state index in [2.05, 4.69) is 507 Å². The Labute approximate surface area is 838 Å². The smallest absolute Gasteiger partial charge is 0.160 e. The lowest BCUT2D eigenvalue weighted by Crippen LogP contribution is -2.01. The van der Waals surface area contributed by atoms with Gasteiger partial charge in [-0.25, -0.2) is 24.9 Å². The Hall–Kier alpha value is -19.5. The van der Waals surface area contributed by atoms with Gasteiger partial charge in [-0.2, -0.15) is 0 Å². The summed E-state index contributed by atoms with van der Waals surface area (Å²) in [5.41, 5.74) is 36.6. The van der Waals surface area contributed by atoms with E-state index in [1.54, 1.807) is 0 Å². The van der Waals surface area contributed by atoms with E-state index in [9.17, 15) is 0 Å². The summed E-state index contributed by atoms with van der Waals surface area (Å²) in [6, 6.07) is 176. The number of pyridine rings is 1. The van der Waals surface area contributed by atoms with Crippen LogP contribution in [-0.2, 0) is 12.8 Å². The fourth-order valence-electron chi connectivity index (χ4n) is 24.2. The van der Waals surface area contributed by atoms with Crippen LogP contribution in [0.1, 0.15) is 22.3 Å². The molecule has 0 radical (unpaired) electrons. The average molecular weight is 1860 g/mol. The van der Waals surface area contributed by atoms with Crippen LogP contribution in [0.15, 0.2) is 491 Å². The minimum Gasteiger partial charge on any atom is -0.307 e. The molecule has 146 heavy (non-hydrogen) atoms. The van der Waals surface area contributed by atoms with Crippen molar-refractivity contribution in [3.05, 3.63) is 514 Å². The number of para-hydroxylation sites is 9. The van der Waals surface area contributed by atoms with E-state index in [0.29, 0.717) is 0 Å². The van der Waals surface area contributed by atoms with E-state index in [0.717, 1.165) is 109 Å². The minimum absolute atomic E-state index is 0.742. The summed E-state index contributed by atoms with van der Waals surface area (Å²) in [5.74, 6) is 2.41. The zero-order valence-corrected chi connectivity index (χ0v) is 79.1. The van der Waals surface area contributed by atoms with Crippen molar-refractivity contribution in [1.29, 1.82) is 0 Å². The zero-order valence-electron chi connectivity index (χ0n) is 79.1. The van der Waals surface area contributed by atoms with Gasteiger partial charge in [0.25, 0.3) is 0 Å². The van der Waals surface area contributed by atoms with Crippen LogP contribution in [0.2, 0.25) is 0 Å². The molecule has 11 nitrogen and oxygen atoms in total. The lowest BCUT2D eigenvalue weighted by Gasteiger charge is -2.15. The highest BCUT2D eigenvalue weighted by Crippen LogP contribution is 2.52. The predicted octanol–water partition coefficient (Wildman–Crippen LogP) is 33.9. The summed E-state index contributed by atoms with van der Waals surface area (Å²) in [5, 5.41) is 20.9. The lowest BCUT2D eigenvalue weighted by molar-refractivity contribution is 1.10. The minimum atomic E-state index is 0.742. The number of hydrogen-bond donors (Lipinski definition) is 0. The summed E-state index contributed by atoms with van der Waals surface area (Å²) in [6.45, 7) is 0. The number of fused-ring (bicyclic) bond motifs is 33. The molecule has 11 heteroatoms. The van der Waals surface area contributed by atoms with Crippen LogP contribution < -0.4 is 0 Å². The van der Waals surface area contributed by atoms with Crippen molar-refractivity contribution >= 4 is 163 Å². The van der Waals surface area contributed by atoms with Crippen LogP contribution >= 0.6 is 0 Å². The van der Waals surface area contributed by atoms with Crippen LogP contribution in [0.25, 0.3) is 265 Å². The first kappa shape index (κ1) is 82.4. The molecule has 9 heterocycles. The Kier molecular flexibility index (Phi) is 18.7. The molecule has 0 N–H and O–H groups in total. The van der Waals surface area contributed by atoms with Crippen LogP contribution in [-0.4, -0.2) is 52.3 Å². The van der Waals surface area contributed by atoms with Crippen LogP contribution in [0, 0.1) is 0 Å². The van der Waals surface area contributed by atoms with Gasteiger partial charge < -0.3 is 22.8 Å². The van der Waals surface area contributed by atoms with Gasteiger partial charge in [0, 0.05) is 156 Å². The average Bonchev–Trinajstić information content (AvgIpc) is 1.54. The number of nitrogens with zero attached hydrogens (tertiary/aromatic N) is 11. The van der Waals surface area contributed by atoms with Crippen molar-refractivity contribution in [1.82, 2.24) is 52.3 Å². The second-order valence-corrected chi connectivity index (χ2v) is 38.3.